The molecule has 6 heteroatoms. The molecule has 124 valence electrons. The van der Waals surface area contributed by atoms with Gasteiger partial charge >= 0.3 is 5.97 Å². The van der Waals surface area contributed by atoms with Gasteiger partial charge in [-0.25, -0.2) is 0 Å². The summed E-state index contributed by atoms with van der Waals surface area (Å²) in [5, 5.41) is 15.2. The number of carbonyl (C=O) groups is 2. The summed E-state index contributed by atoms with van der Waals surface area (Å²) in [6, 6.07) is 5.73. The maximum atomic E-state index is 12.0. The molecule has 1 aromatic heterocycles. The van der Waals surface area contributed by atoms with Crippen LogP contribution in [-0.4, -0.2) is 23.5 Å². The normalized spacial score (nSPS) is 10.8. The first-order chi connectivity index (χ1) is 11.1. The molecule has 23 heavy (non-hydrogen) atoms. The lowest BCUT2D eigenvalue weighted by Gasteiger charge is -2.05. The second-order valence-corrected chi connectivity index (χ2v) is 6.83. The van der Waals surface area contributed by atoms with Crippen LogP contribution in [0.5, 0.6) is 0 Å². The Labute approximate surface area is 144 Å². The highest BCUT2D eigenvalue weighted by Crippen LogP contribution is 2.28. The number of hydrogen-bond donors (Lipinski definition) is 2. The van der Waals surface area contributed by atoms with Crippen molar-refractivity contribution in [3.05, 3.63) is 34.2 Å². The van der Waals surface area contributed by atoms with Gasteiger partial charge in [-0.15, -0.1) is 11.3 Å². The number of hydrogen-bond acceptors (Lipinski definition) is 3. The van der Waals surface area contributed by atoms with Crippen molar-refractivity contribution in [3.63, 3.8) is 0 Å². The van der Waals surface area contributed by atoms with Gasteiger partial charge < -0.3 is 10.4 Å². The summed E-state index contributed by atoms with van der Waals surface area (Å²) in [6.07, 6.45) is 3.98. The molecule has 0 atom stereocenters. The van der Waals surface area contributed by atoms with Crippen LogP contribution in [0.25, 0.3) is 10.1 Å². The van der Waals surface area contributed by atoms with E-state index in [4.69, 9.17) is 16.7 Å². The van der Waals surface area contributed by atoms with Crippen molar-refractivity contribution in [2.24, 2.45) is 0 Å². The topological polar surface area (TPSA) is 66.4 Å². The zero-order valence-electron chi connectivity index (χ0n) is 12.8. The van der Waals surface area contributed by atoms with E-state index in [1.807, 2.05) is 23.6 Å². The van der Waals surface area contributed by atoms with Crippen LogP contribution < -0.4 is 5.32 Å². The molecule has 0 aliphatic heterocycles. The highest BCUT2D eigenvalue weighted by atomic mass is 35.5. The summed E-state index contributed by atoms with van der Waals surface area (Å²) in [6.45, 7) is 0.634. The third-order valence-electron chi connectivity index (χ3n) is 3.61. The lowest BCUT2D eigenvalue weighted by Crippen LogP contribution is -2.25. The van der Waals surface area contributed by atoms with E-state index in [0.29, 0.717) is 24.4 Å². The van der Waals surface area contributed by atoms with E-state index in [9.17, 15) is 9.59 Å². The summed E-state index contributed by atoms with van der Waals surface area (Å²) >= 11 is 7.63. The molecule has 0 spiro atoms. The number of carboxylic acids is 1. The van der Waals surface area contributed by atoms with Crippen molar-refractivity contribution < 1.29 is 14.7 Å². The van der Waals surface area contributed by atoms with Crippen LogP contribution >= 0.6 is 22.9 Å². The summed E-state index contributed by atoms with van der Waals surface area (Å²) in [5.74, 6) is -0.739. The van der Waals surface area contributed by atoms with E-state index in [1.165, 1.54) is 0 Å². The summed E-state index contributed by atoms with van der Waals surface area (Å²) in [4.78, 5) is 22.4. The maximum absolute atomic E-state index is 12.0. The predicted octanol–water partition coefficient (Wildman–Crippen LogP) is 4.25. The van der Waals surface area contributed by atoms with E-state index in [1.54, 1.807) is 11.3 Å². The largest absolute Gasteiger partial charge is 0.481 e. The fraction of sp³-hybridized carbons (Fsp3) is 0.412. The molecule has 0 aliphatic carbocycles. The second-order valence-electron chi connectivity index (χ2n) is 5.49. The zero-order valence-corrected chi connectivity index (χ0v) is 14.4. The Hall–Kier alpha value is -1.59. The van der Waals surface area contributed by atoms with Crippen LogP contribution in [0.15, 0.2) is 23.6 Å². The fourth-order valence-electron chi connectivity index (χ4n) is 2.41. The van der Waals surface area contributed by atoms with Crippen LogP contribution in [0.4, 0.5) is 0 Å². The minimum Gasteiger partial charge on any atom is -0.481 e. The highest BCUT2D eigenvalue weighted by Gasteiger charge is 2.09. The van der Waals surface area contributed by atoms with Gasteiger partial charge in [-0.3, -0.25) is 9.59 Å². The summed E-state index contributed by atoms with van der Waals surface area (Å²) in [5.41, 5.74) is 1.01. The number of thiophene rings is 1. The number of carbonyl (C=O) groups excluding carboxylic acids is 1. The monoisotopic (exact) mass is 353 g/mol. The molecule has 2 N–H and O–H groups in total. The predicted molar refractivity (Wildman–Crippen MR) is 94.3 cm³/mol. The molecular formula is C17H20ClNO3S. The number of benzene rings is 1. The number of unbranched alkanes of at least 4 members (excludes halogenated alkanes) is 3. The van der Waals surface area contributed by atoms with Crippen molar-refractivity contribution in [1.82, 2.24) is 5.32 Å². The second kappa shape index (κ2) is 8.89. The molecule has 0 fully saturated rings. The van der Waals surface area contributed by atoms with Gasteiger partial charge in [0.1, 0.15) is 0 Å². The van der Waals surface area contributed by atoms with E-state index in [-0.39, 0.29) is 12.3 Å². The molecule has 0 saturated carbocycles. The Bertz CT molecular complexity index is 684. The van der Waals surface area contributed by atoms with E-state index in [0.717, 1.165) is 34.9 Å². The number of nitrogens with one attached hydrogen (secondary N) is 1. The Morgan fingerprint density at radius 3 is 2.74 bits per heavy atom. The van der Waals surface area contributed by atoms with Crippen LogP contribution in [0, 0.1) is 0 Å². The van der Waals surface area contributed by atoms with Gasteiger partial charge in [-0.1, -0.05) is 24.4 Å². The number of aliphatic carboxylic acids is 1. The SMILES string of the molecule is O=C(O)CCCCCCNC(=O)Cc1csc2ccc(Cl)cc12. The maximum Gasteiger partial charge on any atom is 0.303 e. The van der Waals surface area contributed by atoms with Gasteiger partial charge in [0.25, 0.3) is 0 Å². The molecule has 1 heterocycles. The number of amides is 1. The first kappa shape index (κ1) is 17.8. The fourth-order valence-corrected chi connectivity index (χ4v) is 3.52. The number of fused-ring (bicyclic) bond motifs is 1. The Morgan fingerprint density at radius 1 is 1.17 bits per heavy atom. The molecule has 0 radical (unpaired) electrons. The van der Waals surface area contributed by atoms with E-state index in [2.05, 4.69) is 5.32 Å². The third kappa shape index (κ3) is 5.84. The molecular weight excluding hydrogens is 334 g/mol. The van der Waals surface area contributed by atoms with Gasteiger partial charge in [0.2, 0.25) is 5.91 Å². The Morgan fingerprint density at radius 2 is 1.96 bits per heavy atom. The Balaban J connectivity index is 1.70. The van der Waals surface area contributed by atoms with Crippen molar-refractivity contribution in [3.8, 4) is 0 Å². The van der Waals surface area contributed by atoms with Gasteiger partial charge in [-0.05, 0) is 47.4 Å². The molecule has 1 aromatic carbocycles. The number of rotatable bonds is 9. The van der Waals surface area contributed by atoms with Crippen LogP contribution in [0.2, 0.25) is 5.02 Å². The molecule has 2 rings (SSSR count). The molecule has 2 aromatic rings. The van der Waals surface area contributed by atoms with Crippen LogP contribution in [0.1, 0.15) is 37.7 Å². The molecule has 0 saturated heterocycles. The first-order valence-electron chi connectivity index (χ1n) is 7.70. The van der Waals surface area contributed by atoms with Crippen molar-refractivity contribution in [2.75, 3.05) is 6.54 Å². The molecule has 0 bridgehead atoms. The smallest absolute Gasteiger partial charge is 0.303 e. The average molecular weight is 354 g/mol. The molecule has 4 nitrogen and oxygen atoms in total. The van der Waals surface area contributed by atoms with E-state index < -0.39 is 5.97 Å². The minimum atomic E-state index is -0.749. The zero-order chi connectivity index (χ0) is 16.7. The van der Waals surface area contributed by atoms with Crippen molar-refractivity contribution >= 4 is 44.9 Å². The average Bonchev–Trinajstić information content (AvgIpc) is 2.88. The number of carboxylic acid groups (broad SMARTS) is 1. The van der Waals surface area contributed by atoms with Gasteiger partial charge in [-0.2, -0.15) is 0 Å². The van der Waals surface area contributed by atoms with Crippen LogP contribution in [0.3, 0.4) is 0 Å². The van der Waals surface area contributed by atoms with Gasteiger partial charge in [0.15, 0.2) is 0 Å². The molecule has 1 amide bonds. The molecule has 0 aliphatic rings. The van der Waals surface area contributed by atoms with Gasteiger partial charge in [0.05, 0.1) is 6.42 Å². The highest BCUT2D eigenvalue weighted by molar-refractivity contribution is 7.17. The minimum absolute atomic E-state index is 0.00946. The lowest BCUT2D eigenvalue weighted by molar-refractivity contribution is -0.137. The quantitative estimate of drug-likeness (QED) is 0.662. The third-order valence-corrected chi connectivity index (χ3v) is 4.85. The summed E-state index contributed by atoms with van der Waals surface area (Å²) < 4.78 is 1.13. The van der Waals surface area contributed by atoms with Gasteiger partial charge in [0, 0.05) is 22.7 Å². The summed E-state index contributed by atoms with van der Waals surface area (Å²) in [7, 11) is 0. The van der Waals surface area contributed by atoms with Crippen molar-refractivity contribution in [2.45, 2.75) is 38.5 Å². The van der Waals surface area contributed by atoms with Crippen LogP contribution in [-0.2, 0) is 16.0 Å². The lowest BCUT2D eigenvalue weighted by atomic mass is 10.1. The van der Waals surface area contributed by atoms with E-state index >= 15 is 0 Å². The first-order valence-corrected chi connectivity index (χ1v) is 8.96. The number of halogens is 1. The Kier molecular flexibility index (Phi) is 6.86. The molecule has 0 unspecified atom stereocenters. The van der Waals surface area contributed by atoms with Crippen molar-refractivity contribution in [1.29, 1.82) is 0 Å². The standard InChI is InChI=1S/C17H20ClNO3S/c18-13-6-7-15-14(10-13)12(11-23-15)9-16(20)19-8-4-2-1-3-5-17(21)22/h6-7,10-11H,1-5,8-9H2,(H,19,20)(H,21,22).